The standard InChI is InChI=1S/C4H8N2O2/c1-4(8)6(5)2-3-7/h3H,2,5H2,1H3. The average Bonchev–Trinajstić information content (AvgIpc) is 1.67. The molecular weight excluding hydrogens is 108 g/mol. The number of carbonyl (C=O) groups excluding carboxylic acids is 2. The number of amides is 1. The molecule has 0 fully saturated rings. The van der Waals surface area contributed by atoms with Gasteiger partial charge in [0.05, 0.1) is 6.54 Å². The van der Waals surface area contributed by atoms with E-state index in [1.54, 1.807) is 0 Å². The summed E-state index contributed by atoms with van der Waals surface area (Å²) < 4.78 is 0. The van der Waals surface area contributed by atoms with Crippen LogP contribution in [0.3, 0.4) is 0 Å². The molecule has 8 heavy (non-hydrogen) atoms. The molecule has 0 rings (SSSR count). The highest BCUT2D eigenvalue weighted by molar-refractivity contribution is 5.75. The third kappa shape index (κ3) is 2.30. The van der Waals surface area contributed by atoms with Crippen molar-refractivity contribution in [2.75, 3.05) is 6.54 Å². The minimum atomic E-state index is -0.308. The number of carbonyl (C=O) groups is 2. The maximum absolute atomic E-state index is 10.2. The number of hydrazine groups is 1. The van der Waals surface area contributed by atoms with Crippen molar-refractivity contribution in [3.05, 3.63) is 0 Å². The summed E-state index contributed by atoms with van der Waals surface area (Å²) in [5.74, 6) is 4.67. The first-order chi connectivity index (χ1) is 3.68. The molecule has 0 spiro atoms. The molecule has 0 saturated heterocycles. The van der Waals surface area contributed by atoms with Crippen LogP contribution in [0.25, 0.3) is 0 Å². The molecule has 0 unspecified atom stereocenters. The normalized spacial score (nSPS) is 8.25. The Balaban J connectivity index is 3.46. The number of nitrogens with zero attached hydrogens (tertiary/aromatic N) is 1. The summed E-state index contributed by atoms with van der Waals surface area (Å²) in [5.41, 5.74) is 0. The molecule has 0 aromatic heterocycles. The summed E-state index contributed by atoms with van der Waals surface area (Å²) in [4.78, 5) is 19.8. The lowest BCUT2D eigenvalue weighted by molar-refractivity contribution is -0.131. The van der Waals surface area contributed by atoms with Crippen LogP contribution < -0.4 is 5.84 Å². The third-order valence-corrected chi connectivity index (χ3v) is 0.676. The Morgan fingerprint density at radius 2 is 2.38 bits per heavy atom. The zero-order valence-corrected chi connectivity index (χ0v) is 4.63. The predicted molar refractivity (Wildman–Crippen MR) is 27.6 cm³/mol. The van der Waals surface area contributed by atoms with Gasteiger partial charge in [-0.15, -0.1) is 0 Å². The molecular formula is C4H8N2O2. The van der Waals surface area contributed by atoms with E-state index in [9.17, 15) is 9.59 Å². The fourth-order valence-corrected chi connectivity index (χ4v) is 0.209. The SMILES string of the molecule is CC(=O)N(N)CC=O. The van der Waals surface area contributed by atoms with Crippen LogP contribution in [-0.4, -0.2) is 23.7 Å². The van der Waals surface area contributed by atoms with E-state index in [2.05, 4.69) is 0 Å². The quantitative estimate of drug-likeness (QED) is 0.216. The van der Waals surface area contributed by atoms with E-state index in [1.165, 1.54) is 6.92 Å². The van der Waals surface area contributed by atoms with Gasteiger partial charge in [-0.05, 0) is 0 Å². The smallest absolute Gasteiger partial charge is 0.233 e. The zero-order valence-electron chi connectivity index (χ0n) is 4.63. The molecule has 0 saturated carbocycles. The molecule has 46 valence electrons. The van der Waals surface area contributed by atoms with Crippen LogP contribution in [0.4, 0.5) is 0 Å². The summed E-state index contributed by atoms with van der Waals surface area (Å²) in [5, 5.41) is 0.840. The topological polar surface area (TPSA) is 63.4 Å². The third-order valence-electron chi connectivity index (χ3n) is 0.676. The van der Waals surface area contributed by atoms with Gasteiger partial charge in [-0.1, -0.05) is 0 Å². The molecule has 4 nitrogen and oxygen atoms in total. The van der Waals surface area contributed by atoms with E-state index in [-0.39, 0.29) is 12.5 Å². The Morgan fingerprint density at radius 3 is 2.50 bits per heavy atom. The van der Waals surface area contributed by atoms with Gasteiger partial charge in [-0.2, -0.15) is 0 Å². The van der Waals surface area contributed by atoms with Crippen molar-refractivity contribution in [2.45, 2.75) is 6.92 Å². The Bertz CT molecular complexity index is 102. The second-order valence-corrected chi connectivity index (χ2v) is 1.34. The van der Waals surface area contributed by atoms with Crippen molar-refractivity contribution in [3.8, 4) is 0 Å². The molecule has 2 N–H and O–H groups in total. The van der Waals surface area contributed by atoms with Crippen LogP contribution >= 0.6 is 0 Å². The highest BCUT2D eigenvalue weighted by Crippen LogP contribution is 1.72. The molecule has 0 aliphatic carbocycles. The molecule has 0 bridgehead atoms. The van der Waals surface area contributed by atoms with Crippen molar-refractivity contribution >= 4 is 12.2 Å². The second-order valence-electron chi connectivity index (χ2n) is 1.34. The van der Waals surface area contributed by atoms with Gasteiger partial charge >= 0.3 is 0 Å². The van der Waals surface area contributed by atoms with Crippen molar-refractivity contribution in [1.82, 2.24) is 5.01 Å². The maximum atomic E-state index is 10.2. The first-order valence-electron chi connectivity index (χ1n) is 2.15. The molecule has 0 aliphatic heterocycles. The van der Waals surface area contributed by atoms with Gasteiger partial charge in [-0.25, -0.2) is 5.84 Å². The maximum Gasteiger partial charge on any atom is 0.233 e. The lowest BCUT2D eigenvalue weighted by atomic mass is 10.6. The van der Waals surface area contributed by atoms with Crippen LogP contribution in [0, 0.1) is 0 Å². The van der Waals surface area contributed by atoms with Gasteiger partial charge in [0, 0.05) is 6.92 Å². The first-order valence-corrected chi connectivity index (χ1v) is 2.15. The Hall–Kier alpha value is -0.900. The van der Waals surface area contributed by atoms with E-state index in [4.69, 9.17) is 5.84 Å². The van der Waals surface area contributed by atoms with Crippen molar-refractivity contribution in [3.63, 3.8) is 0 Å². The van der Waals surface area contributed by atoms with Gasteiger partial charge < -0.3 is 4.79 Å². The summed E-state index contributed by atoms with van der Waals surface area (Å²) in [7, 11) is 0. The van der Waals surface area contributed by atoms with E-state index in [0.29, 0.717) is 6.29 Å². The molecule has 1 amide bonds. The molecule has 0 aromatic carbocycles. The molecule has 4 heteroatoms. The van der Waals surface area contributed by atoms with Crippen LogP contribution in [0.1, 0.15) is 6.92 Å². The second kappa shape index (κ2) is 3.15. The van der Waals surface area contributed by atoms with E-state index in [1.807, 2.05) is 0 Å². The van der Waals surface area contributed by atoms with Crippen LogP contribution in [0.2, 0.25) is 0 Å². The van der Waals surface area contributed by atoms with Gasteiger partial charge in [0.15, 0.2) is 0 Å². The summed E-state index contributed by atoms with van der Waals surface area (Å²) >= 11 is 0. The lowest BCUT2D eigenvalue weighted by Crippen LogP contribution is -2.36. The molecule has 0 aromatic rings. The van der Waals surface area contributed by atoms with E-state index < -0.39 is 0 Å². The lowest BCUT2D eigenvalue weighted by Gasteiger charge is -2.07. The minimum absolute atomic E-state index is 0.0324. The van der Waals surface area contributed by atoms with Crippen LogP contribution in [0.5, 0.6) is 0 Å². The van der Waals surface area contributed by atoms with Gasteiger partial charge in [0.25, 0.3) is 0 Å². The monoisotopic (exact) mass is 116 g/mol. The fraction of sp³-hybridized carbons (Fsp3) is 0.500. The Kier molecular flexibility index (Phi) is 2.79. The van der Waals surface area contributed by atoms with E-state index >= 15 is 0 Å². The summed E-state index contributed by atoms with van der Waals surface area (Å²) in [6.45, 7) is 1.26. The largest absolute Gasteiger partial charge is 0.301 e. The van der Waals surface area contributed by atoms with Crippen LogP contribution in [0.15, 0.2) is 0 Å². The van der Waals surface area contributed by atoms with Gasteiger partial charge in [0.2, 0.25) is 5.91 Å². The number of nitrogens with two attached hydrogens (primary N) is 1. The Labute approximate surface area is 47.2 Å². The number of aldehydes is 1. The first kappa shape index (κ1) is 7.10. The highest BCUT2D eigenvalue weighted by Gasteiger charge is 1.97. The van der Waals surface area contributed by atoms with Crippen molar-refractivity contribution in [2.24, 2.45) is 5.84 Å². The van der Waals surface area contributed by atoms with E-state index in [0.717, 1.165) is 5.01 Å². The zero-order chi connectivity index (χ0) is 6.57. The van der Waals surface area contributed by atoms with Gasteiger partial charge in [-0.3, -0.25) is 9.80 Å². The molecule has 0 atom stereocenters. The molecule has 0 heterocycles. The number of hydrogen-bond acceptors (Lipinski definition) is 3. The number of rotatable bonds is 2. The average molecular weight is 116 g/mol. The molecule has 0 radical (unpaired) electrons. The van der Waals surface area contributed by atoms with Crippen molar-refractivity contribution in [1.29, 1.82) is 0 Å². The fourth-order valence-electron chi connectivity index (χ4n) is 0.209. The summed E-state index contributed by atoms with van der Waals surface area (Å²) in [6.07, 6.45) is 0.571. The van der Waals surface area contributed by atoms with Crippen LogP contribution in [-0.2, 0) is 9.59 Å². The van der Waals surface area contributed by atoms with Crippen molar-refractivity contribution < 1.29 is 9.59 Å². The summed E-state index contributed by atoms with van der Waals surface area (Å²) in [6, 6.07) is 0. The highest BCUT2D eigenvalue weighted by atomic mass is 16.2. The Morgan fingerprint density at radius 1 is 1.88 bits per heavy atom. The van der Waals surface area contributed by atoms with Gasteiger partial charge in [0.1, 0.15) is 6.29 Å². The predicted octanol–water partition coefficient (Wildman–Crippen LogP) is -1.09. The number of hydrogen-bond donors (Lipinski definition) is 1. The molecule has 0 aliphatic rings. The minimum Gasteiger partial charge on any atom is -0.301 e.